The Balaban J connectivity index is 2.16. The van der Waals surface area contributed by atoms with Crippen molar-refractivity contribution in [1.82, 2.24) is 5.32 Å². The number of halogens is 1. The highest BCUT2D eigenvalue weighted by Crippen LogP contribution is 2.25. The molecule has 1 aromatic rings. The van der Waals surface area contributed by atoms with Crippen LogP contribution in [0.1, 0.15) is 24.5 Å². The van der Waals surface area contributed by atoms with Crippen molar-refractivity contribution in [2.75, 3.05) is 32.9 Å². The van der Waals surface area contributed by atoms with Crippen LogP contribution in [0.4, 0.5) is 0 Å². The summed E-state index contributed by atoms with van der Waals surface area (Å²) in [6.07, 6.45) is 0.896. The number of nitrogens with one attached hydrogen (secondary N) is 1. The Morgan fingerprint density at radius 1 is 1.11 bits per heavy atom. The topological polar surface area (TPSA) is 30.5 Å². The third-order valence-corrected chi connectivity index (χ3v) is 3.38. The highest BCUT2D eigenvalue weighted by Gasteiger charge is 2.03. The van der Waals surface area contributed by atoms with Crippen LogP contribution >= 0.6 is 11.6 Å². The first-order valence-corrected chi connectivity index (χ1v) is 7.21. The number of rotatable bonds is 9. The zero-order valence-corrected chi connectivity index (χ0v) is 12.8. The molecule has 0 aromatic heterocycles. The Kier molecular flexibility index (Phi) is 7.87. The largest absolute Gasteiger partial charge is 0.493 e. The summed E-state index contributed by atoms with van der Waals surface area (Å²) < 4.78 is 11.2. The minimum absolute atomic E-state index is 0.668. The second-order valence-corrected chi connectivity index (χ2v) is 4.92. The third kappa shape index (κ3) is 6.28. The fraction of sp³-hybridized carbons (Fsp3) is 0.600. The lowest BCUT2D eigenvalue weighted by atomic mass is 10.1. The van der Waals surface area contributed by atoms with Crippen molar-refractivity contribution in [3.63, 3.8) is 0 Å². The second kappa shape index (κ2) is 9.18. The standard InChI is InChI=1S/C15H24ClNO2/c1-4-17-6-9-18-7-5-8-19-14-10-12(2)15(16)13(3)11-14/h10-11,17H,4-9H2,1-3H3. The van der Waals surface area contributed by atoms with Gasteiger partial charge in [-0.25, -0.2) is 0 Å². The van der Waals surface area contributed by atoms with Gasteiger partial charge in [-0.1, -0.05) is 18.5 Å². The molecule has 1 aromatic carbocycles. The molecular weight excluding hydrogens is 262 g/mol. The molecule has 1 rings (SSSR count). The van der Waals surface area contributed by atoms with Gasteiger partial charge in [-0.05, 0) is 43.7 Å². The molecule has 19 heavy (non-hydrogen) atoms. The lowest BCUT2D eigenvalue weighted by molar-refractivity contribution is 0.121. The third-order valence-electron chi connectivity index (χ3n) is 2.78. The average Bonchev–Trinajstić information content (AvgIpc) is 2.39. The van der Waals surface area contributed by atoms with Crippen molar-refractivity contribution in [2.45, 2.75) is 27.2 Å². The highest BCUT2D eigenvalue weighted by atomic mass is 35.5. The SMILES string of the molecule is CCNCCOCCCOc1cc(C)c(Cl)c(C)c1. The van der Waals surface area contributed by atoms with Gasteiger partial charge in [-0.15, -0.1) is 0 Å². The maximum atomic E-state index is 6.11. The van der Waals surface area contributed by atoms with E-state index in [0.29, 0.717) is 6.61 Å². The van der Waals surface area contributed by atoms with Gasteiger partial charge < -0.3 is 14.8 Å². The van der Waals surface area contributed by atoms with Gasteiger partial charge in [0, 0.05) is 24.6 Å². The molecule has 108 valence electrons. The van der Waals surface area contributed by atoms with Crippen molar-refractivity contribution >= 4 is 11.6 Å². The first-order chi connectivity index (χ1) is 9.15. The number of ether oxygens (including phenoxy) is 2. The molecule has 0 amide bonds. The molecule has 0 heterocycles. The summed E-state index contributed by atoms with van der Waals surface area (Å²) >= 11 is 6.11. The quantitative estimate of drug-likeness (QED) is 0.706. The first-order valence-electron chi connectivity index (χ1n) is 6.83. The van der Waals surface area contributed by atoms with Crippen molar-refractivity contribution < 1.29 is 9.47 Å². The molecule has 0 aliphatic carbocycles. The molecule has 1 N–H and O–H groups in total. The van der Waals surface area contributed by atoms with Crippen molar-refractivity contribution in [3.05, 3.63) is 28.3 Å². The Labute approximate surface area is 121 Å². The predicted molar refractivity (Wildman–Crippen MR) is 80.4 cm³/mol. The Bertz CT molecular complexity index is 359. The molecule has 0 bridgehead atoms. The van der Waals surface area contributed by atoms with Gasteiger partial charge in [-0.2, -0.15) is 0 Å². The van der Waals surface area contributed by atoms with Crippen LogP contribution in [0, 0.1) is 13.8 Å². The second-order valence-electron chi connectivity index (χ2n) is 4.54. The number of benzene rings is 1. The Morgan fingerprint density at radius 2 is 1.79 bits per heavy atom. The Morgan fingerprint density at radius 3 is 2.42 bits per heavy atom. The summed E-state index contributed by atoms with van der Waals surface area (Å²) in [6.45, 7) is 10.1. The van der Waals surface area contributed by atoms with Crippen LogP contribution in [0.3, 0.4) is 0 Å². The van der Waals surface area contributed by atoms with E-state index in [1.165, 1.54) is 0 Å². The summed E-state index contributed by atoms with van der Waals surface area (Å²) in [5.41, 5.74) is 2.11. The van der Waals surface area contributed by atoms with Crippen LogP contribution in [-0.4, -0.2) is 32.9 Å². The van der Waals surface area contributed by atoms with Gasteiger partial charge in [0.25, 0.3) is 0 Å². The smallest absolute Gasteiger partial charge is 0.119 e. The van der Waals surface area contributed by atoms with Crippen LogP contribution < -0.4 is 10.1 Å². The molecule has 0 aliphatic rings. The molecule has 0 saturated heterocycles. The van der Waals surface area contributed by atoms with Crippen LogP contribution in [0.5, 0.6) is 5.75 Å². The maximum absolute atomic E-state index is 6.11. The van der Waals surface area contributed by atoms with Gasteiger partial charge >= 0.3 is 0 Å². The van der Waals surface area contributed by atoms with E-state index in [0.717, 1.165) is 54.6 Å². The molecule has 0 radical (unpaired) electrons. The molecular formula is C15H24ClNO2. The van der Waals surface area contributed by atoms with E-state index >= 15 is 0 Å². The molecule has 0 fully saturated rings. The zero-order valence-electron chi connectivity index (χ0n) is 12.1. The van der Waals surface area contributed by atoms with Gasteiger partial charge in [0.15, 0.2) is 0 Å². The van der Waals surface area contributed by atoms with Crippen molar-refractivity contribution in [1.29, 1.82) is 0 Å². The van der Waals surface area contributed by atoms with Gasteiger partial charge in [0.05, 0.1) is 13.2 Å². The molecule has 0 saturated carbocycles. The highest BCUT2D eigenvalue weighted by molar-refractivity contribution is 6.32. The minimum atomic E-state index is 0.668. The number of aryl methyl sites for hydroxylation is 2. The fourth-order valence-corrected chi connectivity index (χ4v) is 1.87. The van der Waals surface area contributed by atoms with Gasteiger partial charge in [-0.3, -0.25) is 0 Å². The number of likely N-dealkylation sites (N-methyl/N-ethyl adjacent to an activating group) is 1. The van der Waals surface area contributed by atoms with E-state index in [1.807, 2.05) is 26.0 Å². The number of hydrogen-bond acceptors (Lipinski definition) is 3. The average molecular weight is 286 g/mol. The van der Waals surface area contributed by atoms with Gasteiger partial charge in [0.1, 0.15) is 5.75 Å². The predicted octanol–water partition coefficient (Wildman–Crippen LogP) is 3.35. The van der Waals surface area contributed by atoms with E-state index < -0.39 is 0 Å². The van der Waals surface area contributed by atoms with E-state index in [1.54, 1.807) is 0 Å². The van der Waals surface area contributed by atoms with Gasteiger partial charge in [0.2, 0.25) is 0 Å². The van der Waals surface area contributed by atoms with Crippen LogP contribution in [-0.2, 0) is 4.74 Å². The van der Waals surface area contributed by atoms with Crippen LogP contribution in [0.25, 0.3) is 0 Å². The molecule has 3 nitrogen and oxygen atoms in total. The lowest BCUT2D eigenvalue weighted by Gasteiger charge is -2.10. The summed E-state index contributed by atoms with van der Waals surface area (Å²) in [5, 5.41) is 4.03. The lowest BCUT2D eigenvalue weighted by Crippen LogP contribution is -2.19. The molecule has 0 spiro atoms. The minimum Gasteiger partial charge on any atom is -0.493 e. The van der Waals surface area contributed by atoms with E-state index in [4.69, 9.17) is 21.1 Å². The zero-order chi connectivity index (χ0) is 14.1. The van der Waals surface area contributed by atoms with Crippen LogP contribution in [0.15, 0.2) is 12.1 Å². The van der Waals surface area contributed by atoms with Crippen molar-refractivity contribution in [2.24, 2.45) is 0 Å². The molecule has 0 unspecified atom stereocenters. The normalized spacial score (nSPS) is 10.7. The van der Waals surface area contributed by atoms with E-state index in [-0.39, 0.29) is 0 Å². The fourth-order valence-electron chi connectivity index (χ4n) is 1.76. The molecule has 4 heteroatoms. The monoisotopic (exact) mass is 285 g/mol. The summed E-state index contributed by atoms with van der Waals surface area (Å²) in [6, 6.07) is 3.95. The van der Waals surface area contributed by atoms with E-state index in [9.17, 15) is 0 Å². The maximum Gasteiger partial charge on any atom is 0.119 e. The summed E-state index contributed by atoms with van der Waals surface area (Å²) in [7, 11) is 0. The van der Waals surface area contributed by atoms with E-state index in [2.05, 4.69) is 12.2 Å². The summed E-state index contributed by atoms with van der Waals surface area (Å²) in [5.74, 6) is 0.882. The number of hydrogen-bond donors (Lipinski definition) is 1. The van der Waals surface area contributed by atoms with Crippen LogP contribution in [0.2, 0.25) is 5.02 Å². The molecule has 0 atom stereocenters. The first kappa shape index (κ1) is 16.3. The molecule has 0 aliphatic heterocycles. The van der Waals surface area contributed by atoms with Crippen molar-refractivity contribution in [3.8, 4) is 5.75 Å². The summed E-state index contributed by atoms with van der Waals surface area (Å²) in [4.78, 5) is 0. The Hall–Kier alpha value is -0.770.